The number of esters is 1. The molecule has 0 atom stereocenters. The van der Waals surface area contributed by atoms with Gasteiger partial charge in [0.2, 0.25) is 0 Å². The Morgan fingerprint density at radius 2 is 2.27 bits per heavy atom. The van der Waals surface area contributed by atoms with E-state index in [0.717, 1.165) is 19.3 Å². The van der Waals surface area contributed by atoms with E-state index in [9.17, 15) is 9.90 Å². The van der Waals surface area contributed by atoms with E-state index in [1.807, 2.05) is 0 Å². The molecule has 4 nitrogen and oxygen atoms in total. The van der Waals surface area contributed by atoms with Gasteiger partial charge in [-0.2, -0.15) is 0 Å². The number of rotatable bonds is 6. The van der Waals surface area contributed by atoms with Gasteiger partial charge < -0.3 is 15.2 Å². The molecule has 86 valence electrons. The highest BCUT2D eigenvalue weighted by molar-refractivity contribution is 5.88. The Hall–Kier alpha value is -0.870. The molecule has 0 aromatic rings. The molecular formula is C11H19NO3. The first-order chi connectivity index (χ1) is 7.13. The fourth-order valence-corrected chi connectivity index (χ4v) is 1.59. The third-order valence-electron chi connectivity index (χ3n) is 2.85. The maximum atomic E-state index is 11.2. The normalized spacial score (nSPS) is 18.0. The summed E-state index contributed by atoms with van der Waals surface area (Å²) in [4.78, 5) is 11.2. The molecule has 1 saturated carbocycles. The maximum absolute atomic E-state index is 11.2. The van der Waals surface area contributed by atoms with Crippen LogP contribution in [0.15, 0.2) is 12.2 Å². The quantitative estimate of drug-likeness (QED) is 0.501. The van der Waals surface area contributed by atoms with E-state index in [1.165, 1.54) is 0 Å². The number of carbonyl (C=O) groups excluding carboxylic acids is 1. The summed E-state index contributed by atoms with van der Waals surface area (Å²) in [5.41, 5.74) is 0.228. The van der Waals surface area contributed by atoms with Gasteiger partial charge in [-0.25, -0.2) is 4.79 Å². The van der Waals surface area contributed by atoms with Gasteiger partial charge >= 0.3 is 5.97 Å². The van der Waals surface area contributed by atoms with Crippen LogP contribution in [0.5, 0.6) is 0 Å². The van der Waals surface area contributed by atoms with Gasteiger partial charge in [0.1, 0.15) is 0 Å². The molecule has 4 heteroatoms. The van der Waals surface area contributed by atoms with Gasteiger partial charge in [0, 0.05) is 17.7 Å². The van der Waals surface area contributed by atoms with Gasteiger partial charge in [-0.15, -0.1) is 0 Å². The summed E-state index contributed by atoms with van der Waals surface area (Å²) in [5, 5.41) is 12.4. The highest BCUT2D eigenvalue weighted by Crippen LogP contribution is 2.31. The van der Waals surface area contributed by atoms with Crippen molar-refractivity contribution in [2.45, 2.75) is 31.7 Å². The number of ether oxygens (including phenoxy) is 1. The van der Waals surface area contributed by atoms with Crippen LogP contribution < -0.4 is 5.32 Å². The average molecular weight is 213 g/mol. The van der Waals surface area contributed by atoms with Crippen molar-refractivity contribution in [1.82, 2.24) is 5.32 Å². The monoisotopic (exact) mass is 213 g/mol. The van der Waals surface area contributed by atoms with E-state index in [-0.39, 0.29) is 18.1 Å². The number of hydrogen-bond donors (Lipinski definition) is 2. The molecule has 0 amide bonds. The zero-order valence-corrected chi connectivity index (χ0v) is 9.21. The predicted molar refractivity (Wildman–Crippen MR) is 57.4 cm³/mol. The van der Waals surface area contributed by atoms with Gasteiger partial charge in [0.05, 0.1) is 13.2 Å². The Balaban J connectivity index is 2.30. The molecule has 0 saturated heterocycles. The van der Waals surface area contributed by atoms with Crippen molar-refractivity contribution < 1.29 is 14.6 Å². The van der Waals surface area contributed by atoms with Crippen LogP contribution in [-0.4, -0.2) is 36.4 Å². The highest BCUT2D eigenvalue weighted by atomic mass is 16.5. The molecular weight excluding hydrogens is 194 g/mol. The third kappa shape index (κ3) is 3.04. The van der Waals surface area contributed by atoms with Crippen LogP contribution in [0.25, 0.3) is 0 Å². The Morgan fingerprint density at radius 3 is 2.67 bits per heavy atom. The van der Waals surface area contributed by atoms with E-state index in [1.54, 1.807) is 6.92 Å². The molecule has 15 heavy (non-hydrogen) atoms. The first kappa shape index (κ1) is 12.2. The lowest BCUT2D eigenvalue weighted by atomic mass is 9.77. The van der Waals surface area contributed by atoms with Crippen molar-refractivity contribution in [3.05, 3.63) is 12.2 Å². The van der Waals surface area contributed by atoms with Gasteiger partial charge in [-0.3, -0.25) is 0 Å². The minimum atomic E-state index is -0.364. The molecule has 0 radical (unpaired) electrons. The van der Waals surface area contributed by atoms with E-state index in [2.05, 4.69) is 11.9 Å². The van der Waals surface area contributed by atoms with Crippen LogP contribution >= 0.6 is 0 Å². The molecule has 1 aliphatic rings. The fourth-order valence-electron chi connectivity index (χ4n) is 1.59. The van der Waals surface area contributed by atoms with Crippen LogP contribution in [-0.2, 0) is 9.53 Å². The van der Waals surface area contributed by atoms with Crippen LogP contribution in [0, 0.1) is 0 Å². The molecule has 0 unspecified atom stereocenters. The second-order valence-electron chi connectivity index (χ2n) is 3.97. The number of aliphatic hydroxyl groups excluding tert-OH is 1. The molecule has 0 aromatic heterocycles. The molecule has 0 aromatic carbocycles. The Kier molecular flexibility index (Phi) is 4.29. The minimum Gasteiger partial charge on any atom is -0.463 e. The van der Waals surface area contributed by atoms with Crippen molar-refractivity contribution >= 4 is 5.97 Å². The zero-order valence-electron chi connectivity index (χ0n) is 9.21. The largest absolute Gasteiger partial charge is 0.463 e. The summed E-state index contributed by atoms with van der Waals surface area (Å²) in [5.74, 6) is -0.364. The molecule has 0 aliphatic heterocycles. The lowest BCUT2D eigenvalue weighted by Gasteiger charge is -2.41. The summed E-state index contributed by atoms with van der Waals surface area (Å²) in [6.45, 7) is 6.28. The average Bonchev–Trinajstić information content (AvgIpc) is 2.17. The number of hydrogen-bond acceptors (Lipinski definition) is 4. The Morgan fingerprint density at radius 1 is 1.60 bits per heavy atom. The number of nitrogens with one attached hydrogen (secondary N) is 1. The molecule has 1 rings (SSSR count). The first-order valence-corrected chi connectivity index (χ1v) is 5.34. The molecule has 0 heterocycles. The van der Waals surface area contributed by atoms with Crippen molar-refractivity contribution in [2.24, 2.45) is 0 Å². The van der Waals surface area contributed by atoms with E-state index >= 15 is 0 Å². The van der Waals surface area contributed by atoms with Gasteiger partial charge in [0.15, 0.2) is 0 Å². The molecule has 2 N–H and O–H groups in total. The van der Waals surface area contributed by atoms with Crippen LogP contribution in [0.4, 0.5) is 0 Å². The van der Waals surface area contributed by atoms with Crippen LogP contribution in [0.3, 0.4) is 0 Å². The second-order valence-corrected chi connectivity index (χ2v) is 3.97. The van der Waals surface area contributed by atoms with Crippen molar-refractivity contribution in [1.29, 1.82) is 0 Å². The highest BCUT2D eigenvalue weighted by Gasteiger charge is 2.35. The van der Waals surface area contributed by atoms with Crippen molar-refractivity contribution in [2.75, 3.05) is 19.8 Å². The van der Waals surface area contributed by atoms with Gasteiger partial charge in [-0.05, 0) is 26.2 Å². The van der Waals surface area contributed by atoms with E-state index in [0.29, 0.717) is 18.7 Å². The Labute approximate surface area is 90.3 Å². The minimum absolute atomic E-state index is 0.114. The second kappa shape index (κ2) is 5.28. The standard InChI is InChI=1S/C11H19NO3/c1-3-15-10(14)9(2)7-12-11(8-13)5-4-6-11/h12-13H,2-8H2,1H3. The molecule has 0 bridgehead atoms. The SMILES string of the molecule is C=C(CNC1(CO)CCC1)C(=O)OCC. The summed E-state index contributed by atoms with van der Waals surface area (Å²) < 4.78 is 4.81. The lowest BCUT2D eigenvalue weighted by molar-refractivity contribution is -0.138. The number of aliphatic hydroxyl groups is 1. The third-order valence-corrected chi connectivity index (χ3v) is 2.85. The molecule has 1 fully saturated rings. The Bertz CT molecular complexity index is 241. The van der Waals surface area contributed by atoms with Crippen molar-refractivity contribution in [3.63, 3.8) is 0 Å². The van der Waals surface area contributed by atoms with Crippen molar-refractivity contribution in [3.8, 4) is 0 Å². The van der Waals surface area contributed by atoms with E-state index < -0.39 is 0 Å². The summed E-state index contributed by atoms with van der Waals surface area (Å²) in [6, 6.07) is 0. The molecule has 0 spiro atoms. The van der Waals surface area contributed by atoms with Crippen LogP contribution in [0.1, 0.15) is 26.2 Å². The van der Waals surface area contributed by atoms with Gasteiger partial charge in [0.25, 0.3) is 0 Å². The van der Waals surface area contributed by atoms with E-state index in [4.69, 9.17) is 4.74 Å². The lowest BCUT2D eigenvalue weighted by Crippen LogP contribution is -2.54. The maximum Gasteiger partial charge on any atom is 0.334 e. The summed E-state index contributed by atoms with van der Waals surface area (Å²) >= 11 is 0. The fraction of sp³-hybridized carbons (Fsp3) is 0.727. The topological polar surface area (TPSA) is 58.6 Å². The zero-order chi connectivity index (χ0) is 11.3. The number of carbonyl (C=O) groups is 1. The first-order valence-electron chi connectivity index (χ1n) is 5.34. The summed E-state index contributed by atoms with van der Waals surface area (Å²) in [7, 11) is 0. The molecule has 1 aliphatic carbocycles. The smallest absolute Gasteiger partial charge is 0.334 e. The van der Waals surface area contributed by atoms with Crippen LogP contribution in [0.2, 0.25) is 0 Å². The predicted octanol–water partition coefficient (Wildman–Crippen LogP) is 0.610. The van der Waals surface area contributed by atoms with Gasteiger partial charge in [-0.1, -0.05) is 6.58 Å². The summed E-state index contributed by atoms with van der Waals surface area (Å²) in [6.07, 6.45) is 3.04.